The van der Waals surface area contributed by atoms with Crippen LogP contribution in [0.2, 0.25) is 0 Å². The maximum atomic E-state index is 12.1. The minimum Gasteiger partial charge on any atom is -0.496 e. The molecule has 0 fully saturated rings. The summed E-state index contributed by atoms with van der Waals surface area (Å²) in [6.45, 7) is 3.59. The molecule has 1 amide bonds. The van der Waals surface area contributed by atoms with Crippen molar-refractivity contribution < 1.29 is 28.5 Å². The number of hydrogen-bond donors (Lipinski definition) is 1. The van der Waals surface area contributed by atoms with E-state index >= 15 is 0 Å². The van der Waals surface area contributed by atoms with Crippen LogP contribution in [0.4, 0.5) is 0 Å². The van der Waals surface area contributed by atoms with E-state index in [1.54, 1.807) is 18.2 Å². The van der Waals surface area contributed by atoms with E-state index in [9.17, 15) is 9.59 Å². The molecule has 1 heterocycles. The van der Waals surface area contributed by atoms with Gasteiger partial charge in [-0.1, -0.05) is 0 Å². The molecule has 7 nitrogen and oxygen atoms in total. The summed E-state index contributed by atoms with van der Waals surface area (Å²) in [4.78, 5) is 26.0. The van der Waals surface area contributed by atoms with Gasteiger partial charge in [0.1, 0.15) is 5.75 Å². The molecule has 0 aliphatic rings. The van der Waals surface area contributed by atoms with Gasteiger partial charge in [-0.05, 0) is 26.0 Å². The van der Waals surface area contributed by atoms with Crippen LogP contribution < -0.4 is 19.5 Å². The summed E-state index contributed by atoms with van der Waals surface area (Å²) < 4.78 is 20.9. The molecule has 0 unspecified atom stereocenters. The van der Waals surface area contributed by atoms with E-state index in [0.29, 0.717) is 28.4 Å². The Kier molecular flexibility index (Phi) is 7.06. The second kappa shape index (κ2) is 9.27. The summed E-state index contributed by atoms with van der Waals surface area (Å²) in [5.74, 6) is 0.687. The average molecular weight is 393 g/mol. The fourth-order valence-electron chi connectivity index (χ4n) is 2.52. The van der Waals surface area contributed by atoms with Gasteiger partial charge in [0.2, 0.25) is 0 Å². The van der Waals surface area contributed by atoms with Gasteiger partial charge in [-0.25, -0.2) is 4.79 Å². The molecular weight excluding hydrogens is 370 g/mol. The van der Waals surface area contributed by atoms with Crippen molar-refractivity contribution >= 4 is 23.2 Å². The van der Waals surface area contributed by atoms with Crippen LogP contribution in [-0.4, -0.2) is 39.8 Å². The zero-order valence-electron chi connectivity index (χ0n) is 16.0. The van der Waals surface area contributed by atoms with E-state index < -0.39 is 11.9 Å². The van der Waals surface area contributed by atoms with E-state index in [1.807, 2.05) is 13.8 Å². The highest BCUT2D eigenvalue weighted by molar-refractivity contribution is 7.12. The third-order valence-corrected chi connectivity index (χ3v) is 4.82. The molecule has 0 saturated carbocycles. The fraction of sp³-hybridized carbons (Fsp3) is 0.368. The molecule has 0 bridgehead atoms. The summed E-state index contributed by atoms with van der Waals surface area (Å²) >= 11 is 1.51. The number of hydrogen-bond acceptors (Lipinski definition) is 7. The van der Waals surface area contributed by atoms with E-state index in [2.05, 4.69) is 5.32 Å². The SMILES string of the molecule is COc1cc(OC)c(OC)cc1CNC(=O)COC(=O)c1cc(C)sc1C. The van der Waals surface area contributed by atoms with Crippen LogP contribution in [0.15, 0.2) is 18.2 Å². The molecule has 0 radical (unpaired) electrons. The first-order valence-corrected chi connectivity index (χ1v) is 9.01. The van der Waals surface area contributed by atoms with Crippen molar-refractivity contribution in [1.29, 1.82) is 0 Å². The third-order valence-electron chi connectivity index (χ3n) is 3.86. The number of nitrogens with one attached hydrogen (secondary N) is 1. The minimum atomic E-state index is -0.504. The van der Waals surface area contributed by atoms with Crippen LogP contribution >= 0.6 is 11.3 Å². The summed E-state index contributed by atoms with van der Waals surface area (Å²) in [5.41, 5.74) is 1.20. The Hall–Kier alpha value is -2.74. The monoisotopic (exact) mass is 393 g/mol. The number of esters is 1. The van der Waals surface area contributed by atoms with Gasteiger partial charge in [0.15, 0.2) is 18.1 Å². The van der Waals surface area contributed by atoms with E-state index in [-0.39, 0.29) is 13.2 Å². The molecule has 1 aromatic carbocycles. The molecule has 27 heavy (non-hydrogen) atoms. The molecule has 0 spiro atoms. The topological polar surface area (TPSA) is 83.1 Å². The Bertz CT molecular complexity index is 830. The zero-order chi connectivity index (χ0) is 20.0. The number of aryl methyl sites for hydroxylation is 2. The molecule has 1 N–H and O–H groups in total. The molecular formula is C19H23NO6S. The number of rotatable bonds is 8. The standard InChI is InChI=1S/C19H23NO6S/c1-11-6-14(12(2)27-11)19(22)26-10-18(21)20-9-13-7-16(24-4)17(25-5)8-15(13)23-3/h6-8H,9-10H2,1-5H3,(H,20,21). The van der Waals surface area contributed by atoms with Crippen LogP contribution in [0, 0.1) is 13.8 Å². The smallest absolute Gasteiger partial charge is 0.339 e. The van der Waals surface area contributed by atoms with Crippen LogP contribution in [-0.2, 0) is 16.1 Å². The van der Waals surface area contributed by atoms with Crippen molar-refractivity contribution in [1.82, 2.24) is 5.32 Å². The van der Waals surface area contributed by atoms with Crippen LogP contribution in [0.3, 0.4) is 0 Å². The predicted molar refractivity (Wildman–Crippen MR) is 102 cm³/mol. The first kappa shape index (κ1) is 20.6. The van der Waals surface area contributed by atoms with Gasteiger partial charge >= 0.3 is 5.97 Å². The Morgan fingerprint density at radius 2 is 1.59 bits per heavy atom. The maximum absolute atomic E-state index is 12.1. The van der Waals surface area contributed by atoms with Gasteiger partial charge in [0, 0.05) is 27.9 Å². The van der Waals surface area contributed by atoms with Crippen molar-refractivity contribution in [3.63, 3.8) is 0 Å². The molecule has 0 aliphatic carbocycles. The highest BCUT2D eigenvalue weighted by atomic mass is 32.1. The molecule has 0 atom stereocenters. The predicted octanol–water partition coefficient (Wildman–Crippen LogP) is 2.86. The summed E-state index contributed by atoms with van der Waals surface area (Å²) in [7, 11) is 4.59. The van der Waals surface area contributed by atoms with Gasteiger partial charge in [0.05, 0.1) is 26.9 Å². The Labute approximate surface area is 162 Å². The number of ether oxygens (including phenoxy) is 4. The largest absolute Gasteiger partial charge is 0.496 e. The van der Waals surface area contributed by atoms with Crippen LogP contribution in [0.1, 0.15) is 25.7 Å². The lowest BCUT2D eigenvalue weighted by Gasteiger charge is -2.14. The highest BCUT2D eigenvalue weighted by Gasteiger charge is 2.16. The van der Waals surface area contributed by atoms with Gasteiger partial charge in [-0.15, -0.1) is 11.3 Å². The second-order valence-electron chi connectivity index (χ2n) is 5.70. The molecule has 0 saturated heterocycles. The minimum absolute atomic E-state index is 0.191. The first-order chi connectivity index (χ1) is 12.9. The van der Waals surface area contributed by atoms with Gasteiger partial charge < -0.3 is 24.3 Å². The normalized spacial score (nSPS) is 10.3. The lowest BCUT2D eigenvalue weighted by Crippen LogP contribution is -2.28. The summed E-state index contributed by atoms with van der Waals surface area (Å²) in [6.07, 6.45) is 0. The number of methoxy groups -OCH3 is 3. The number of carbonyl (C=O) groups excluding carboxylic acids is 2. The lowest BCUT2D eigenvalue weighted by molar-refractivity contribution is -0.124. The number of carbonyl (C=O) groups is 2. The van der Waals surface area contributed by atoms with E-state index in [0.717, 1.165) is 9.75 Å². The molecule has 146 valence electrons. The maximum Gasteiger partial charge on any atom is 0.339 e. The molecule has 0 aliphatic heterocycles. The zero-order valence-corrected chi connectivity index (χ0v) is 16.8. The summed E-state index contributed by atoms with van der Waals surface area (Å²) in [6, 6.07) is 5.16. The lowest BCUT2D eigenvalue weighted by atomic mass is 10.1. The highest BCUT2D eigenvalue weighted by Crippen LogP contribution is 2.34. The Balaban J connectivity index is 1.95. The Morgan fingerprint density at radius 3 is 2.15 bits per heavy atom. The summed E-state index contributed by atoms with van der Waals surface area (Å²) in [5, 5.41) is 2.70. The molecule has 2 aromatic rings. The van der Waals surface area contributed by atoms with Crippen molar-refractivity contribution in [3.8, 4) is 17.2 Å². The Morgan fingerprint density at radius 1 is 0.963 bits per heavy atom. The molecule has 1 aromatic heterocycles. The quantitative estimate of drug-likeness (QED) is 0.695. The van der Waals surface area contributed by atoms with E-state index in [1.165, 1.54) is 32.7 Å². The van der Waals surface area contributed by atoms with Crippen molar-refractivity contribution in [2.45, 2.75) is 20.4 Å². The second-order valence-corrected chi connectivity index (χ2v) is 7.16. The average Bonchev–Trinajstić information content (AvgIpc) is 3.01. The number of amides is 1. The fourth-order valence-corrected chi connectivity index (χ4v) is 3.43. The molecule has 8 heteroatoms. The van der Waals surface area contributed by atoms with Gasteiger partial charge in [-0.2, -0.15) is 0 Å². The van der Waals surface area contributed by atoms with Gasteiger partial charge in [-0.3, -0.25) is 4.79 Å². The van der Waals surface area contributed by atoms with Crippen LogP contribution in [0.5, 0.6) is 17.2 Å². The first-order valence-electron chi connectivity index (χ1n) is 8.19. The van der Waals surface area contributed by atoms with Gasteiger partial charge in [0.25, 0.3) is 5.91 Å². The van der Waals surface area contributed by atoms with Crippen molar-refractivity contribution in [2.75, 3.05) is 27.9 Å². The third kappa shape index (κ3) is 5.13. The number of benzene rings is 1. The van der Waals surface area contributed by atoms with Crippen molar-refractivity contribution in [3.05, 3.63) is 39.1 Å². The van der Waals surface area contributed by atoms with Crippen LogP contribution in [0.25, 0.3) is 0 Å². The molecule has 2 rings (SSSR count). The van der Waals surface area contributed by atoms with E-state index in [4.69, 9.17) is 18.9 Å². The number of thiophene rings is 1. The van der Waals surface area contributed by atoms with Crippen molar-refractivity contribution in [2.24, 2.45) is 0 Å².